The molecular formula is C26H29F4N3O2. The number of nitrogens with zero attached hydrogens (tertiary/aromatic N) is 2. The van der Waals surface area contributed by atoms with Crippen LogP contribution in [0.15, 0.2) is 48.5 Å². The maximum absolute atomic E-state index is 13.7. The summed E-state index contributed by atoms with van der Waals surface area (Å²) < 4.78 is 54.1. The lowest BCUT2D eigenvalue weighted by molar-refractivity contribution is -0.138. The summed E-state index contributed by atoms with van der Waals surface area (Å²) in [6.45, 7) is 2.94. The van der Waals surface area contributed by atoms with Gasteiger partial charge in [-0.15, -0.1) is 0 Å². The third-order valence-electron chi connectivity index (χ3n) is 6.94. The summed E-state index contributed by atoms with van der Waals surface area (Å²) in [5.41, 5.74) is -1.46. The first-order chi connectivity index (χ1) is 16.6. The van der Waals surface area contributed by atoms with E-state index in [1.54, 1.807) is 0 Å². The van der Waals surface area contributed by atoms with Crippen molar-refractivity contribution in [1.82, 2.24) is 15.1 Å². The third kappa shape index (κ3) is 5.19. The number of alkyl halides is 3. The highest BCUT2D eigenvalue weighted by Gasteiger charge is 2.51. The summed E-state index contributed by atoms with van der Waals surface area (Å²) >= 11 is 0. The van der Waals surface area contributed by atoms with E-state index in [2.05, 4.69) is 5.32 Å². The smallest absolute Gasteiger partial charge is 0.338 e. The SMILES string of the molecule is CCCCN1C(=O)C(Cc2ccccc2)NC12CCN(C(=O)c1cc(F)ccc1C(F)(F)F)CC2. The first-order valence-corrected chi connectivity index (χ1v) is 11.9. The molecule has 2 saturated heterocycles. The number of halogens is 4. The highest BCUT2D eigenvalue weighted by molar-refractivity contribution is 5.96. The van der Waals surface area contributed by atoms with Gasteiger partial charge in [-0.1, -0.05) is 43.7 Å². The van der Waals surface area contributed by atoms with E-state index < -0.39 is 40.7 Å². The lowest BCUT2D eigenvalue weighted by atomic mass is 9.94. The quantitative estimate of drug-likeness (QED) is 0.600. The summed E-state index contributed by atoms with van der Waals surface area (Å²) in [5, 5.41) is 3.51. The Balaban J connectivity index is 1.52. The Labute approximate surface area is 202 Å². The lowest BCUT2D eigenvalue weighted by Gasteiger charge is -2.45. The summed E-state index contributed by atoms with van der Waals surface area (Å²) in [5.74, 6) is -1.74. The fraction of sp³-hybridized carbons (Fsp3) is 0.462. The Bertz CT molecular complexity index is 1070. The fourth-order valence-corrected chi connectivity index (χ4v) is 5.10. The highest BCUT2D eigenvalue weighted by Crippen LogP contribution is 2.36. The Morgan fingerprint density at radius 3 is 2.43 bits per heavy atom. The zero-order valence-electron chi connectivity index (χ0n) is 19.6. The maximum atomic E-state index is 13.7. The summed E-state index contributed by atoms with van der Waals surface area (Å²) in [6.07, 6.45) is -1.73. The van der Waals surface area contributed by atoms with Gasteiger partial charge < -0.3 is 9.80 Å². The average molecular weight is 492 g/mol. The van der Waals surface area contributed by atoms with Crippen LogP contribution in [-0.2, 0) is 17.4 Å². The molecule has 5 nitrogen and oxygen atoms in total. The van der Waals surface area contributed by atoms with Crippen LogP contribution in [-0.4, -0.2) is 53.0 Å². The maximum Gasteiger partial charge on any atom is 0.417 e. The third-order valence-corrected chi connectivity index (χ3v) is 6.94. The molecule has 2 fully saturated rings. The van der Waals surface area contributed by atoms with E-state index in [4.69, 9.17) is 0 Å². The molecular weight excluding hydrogens is 462 g/mol. The van der Waals surface area contributed by atoms with Crippen LogP contribution in [0.1, 0.15) is 54.1 Å². The number of rotatable bonds is 6. The molecule has 1 spiro atoms. The number of carbonyl (C=O) groups is 2. The topological polar surface area (TPSA) is 52.7 Å². The van der Waals surface area contributed by atoms with Gasteiger partial charge in [-0.3, -0.25) is 14.9 Å². The molecule has 9 heteroatoms. The number of hydrogen-bond donors (Lipinski definition) is 1. The van der Waals surface area contributed by atoms with Gasteiger partial charge in [0.15, 0.2) is 0 Å². The monoisotopic (exact) mass is 491 g/mol. The van der Waals surface area contributed by atoms with Gasteiger partial charge in [0.1, 0.15) is 5.82 Å². The summed E-state index contributed by atoms with van der Waals surface area (Å²) in [4.78, 5) is 29.5. The second kappa shape index (κ2) is 9.97. The Morgan fingerprint density at radius 2 is 1.80 bits per heavy atom. The van der Waals surface area contributed by atoms with Gasteiger partial charge in [-0.25, -0.2) is 4.39 Å². The highest BCUT2D eigenvalue weighted by atomic mass is 19.4. The molecule has 0 aliphatic carbocycles. The molecule has 188 valence electrons. The van der Waals surface area contributed by atoms with E-state index in [0.29, 0.717) is 44.0 Å². The van der Waals surface area contributed by atoms with Crippen molar-refractivity contribution in [2.24, 2.45) is 0 Å². The number of nitrogens with one attached hydrogen (secondary N) is 1. The van der Waals surface area contributed by atoms with Gasteiger partial charge in [0.05, 0.1) is 22.8 Å². The van der Waals surface area contributed by atoms with Crippen LogP contribution in [0.25, 0.3) is 0 Å². The van der Waals surface area contributed by atoms with Gasteiger partial charge in [-0.2, -0.15) is 13.2 Å². The van der Waals surface area contributed by atoms with Gasteiger partial charge in [0, 0.05) is 32.5 Å². The number of hydrogen-bond acceptors (Lipinski definition) is 3. The number of likely N-dealkylation sites (tertiary alicyclic amines) is 1. The molecule has 2 aliphatic rings. The number of piperidine rings is 1. The van der Waals surface area contributed by atoms with Gasteiger partial charge >= 0.3 is 6.18 Å². The van der Waals surface area contributed by atoms with Gasteiger partial charge in [-0.05, 0) is 36.6 Å². The minimum Gasteiger partial charge on any atom is -0.338 e. The van der Waals surface area contributed by atoms with Crippen molar-refractivity contribution in [3.05, 3.63) is 71.0 Å². The summed E-state index contributed by atoms with van der Waals surface area (Å²) in [7, 11) is 0. The molecule has 2 aliphatic heterocycles. The van der Waals surface area contributed by atoms with E-state index in [1.165, 1.54) is 4.90 Å². The van der Waals surface area contributed by atoms with Crippen LogP contribution in [0.4, 0.5) is 17.6 Å². The number of amides is 2. The summed E-state index contributed by atoms with van der Waals surface area (Å²) in [6, 6.07) is 11.2. The van der Waals surface area contributed by atoms with Crippen LogP contribution in [0.2, 0.25) is 0 Å². The predicted molar refractivity (Wildman–Crippen MR) is 123 cm³/mol. The predicted octanol–water partition coefficient (Wildman–Crippen LogP) is 4.62. The second-order valence-electron chi connectivity index (χ2n) is 9.24. The van der Waals surface area contributed by atoms with E-state index in [1.807, 2.05) is 42.2 Å². The Hall–Kier alpha value is -2.94. The number of benzene rings is 2. The van der Waals surface area contributed by atoms with E-state index in [9.17, 15) is 27.2 Å². The standard InChI is InChI=1S/C26H29F4N3O2/c1-2-3-13-33-24(35)22(16-18-7-5-4-6-8-18)31-25(33)11-14-32(15-12-25)23(34)20-17-19(27)9-10-21(20)26(28,29)30/h4-10,17,22,31H,2-3,11-16H2,1H3. The molecule has 2 aromatic rings. The molecule has 0 saturated carbocycles. The van der Waals surface area contributed by atoms with Crippen molar-refractivity contribution >= 4 is 11.8 Å². The minimum atomic E-state index is -4.77. The van der Waals surface area contributed by atoms with Crippen molar-refractivity contribution < 1.29 is 27.2 Å². The van der Waals surface area contributed by atoms with E-state index >= 15 is 0 Å². The normalized spacial score (nSPS) is 20.0. The zero-order valence-corrected chi connectivity index (χ0v) is 19.6. The Kier molecular flexibility index (Phi) is 7.17. The van der Waals surface area contributed by atoms with Gasteiger partial charge in [0.25, 0.3) is 5.91 Å². The molecule has 1 unspecified atom stereocenters. The van der Waals surface area contributed by atoms with Crippen LogP contribution >= 0.6 is 0 Å². The molecule has 0 aromatic heterocycles. The molecule has 2 heterocycles. The molecule has 35 heavy (non-hydrogen) atoms. The molecule has 2 amide bonds. The molecule has 0 radical (unpaired) electrons. The molecule has 1 N–H and O–H groups in total. The number of unbranched alkanes of at least 4 members (excludes halogenated alkanes) is 1. The van der Waals surface area contributed by atoms with Crippen molar-refractivity contribution in [1.29, 1.82) is 0 Å². The molecule has 0 bridgehead atoms. The second-order valence-corrected chi connectivity index (χ2v) is 9.24. The van der Waals surface area contributed by atoms with Crippen molar-refractivity contribution in [2.45, 2.75) is 56.9 Å². The first-order valence-electron chi connectivity index (χ1n) is 11.9. The first kappa shape index (κ1) is 25.2. The molecule has 4 rings (SSSR count). The van der Waals surface area contributed by atoms with Crippen LogP contribution < -0.4 is 5.32 Å². The van der Waals surface area contributed by atoms with Crippen molar-refractivity contribution in [3.63, 3.8) is 0 Å². The average Bonchev–Trinajstić information content (AvgIpc) is 3.07. The lowest BCUT2D eigenvalue weighted by Crippen LogP contribution is -2.59. The fourth-order valence-electron chi connectivity index (χ4n) is 5.10. The van der Waals surface area contributed by atoms with Crippen molar-refractivity contribution in [3.8, 4) is 0 Å². The van der Waals surface area contributed by atoms with Crippen LogP contribution in [0.5, 0.6) is 0 Å². The largest absolute Gasteiger partial charge is 0.417 e. The Morgan fingerprint density at radius 1 is 1.11 bits per heavy atom. The number of carbonyl (C=O) groups excluding carboxylic acids is 2. The van der Waals surface area contributed by atoms with E-state index in [-0.39, 0.29) is 19.0 Å². The van der Waals surface area contributed by atoms with Crippen molar-refractivity contribution in [2.75, 3.05) is 19.6 Å². The zero-order chi connectivity index (χ0) is 25.2. The molecule has 2 aromatic carbocycles. The minimum absolute atomic E-state index is 0.00608. The van der Waals surface area contributed by atoms with Gasteiger partial charge in [0.2, 0.25) is 5.91 Å². The molecule has 1 atom stereocenters. The van der Waals surface area contributed by atoms with Crippen LogP contribution in [0, 0.1) is 5.82 Å². The van der Waals surface area contributed by atoms with Crippen LogP contribution in [0.3, 0.4) is 0 Å². The van der Waals surface area contributed by atoms with E-state index in [0.717, 1.165) is 18.4 Å².